The first-order valence-corrected chi connectivity index (χ1v) is 8.45. The molecule has 2 rings (SSSR count). The van der Waals surface area contributed by atoms with E-state index in [0.29, 0.717) is 12.0 Å². The third-order valence-corrected chi connectivity index (χ3v) is 4.83. The van der Waals surface area contributed by atoms with Gasteiger partial charge in [-0.15, -0.1) is 0 Å². The van der Waals surface area contributed by atoms with Crippen molar-refractivity contribution in [2.45, 2.75) is 65.3 Å². The molecule has 0 aromatic heterocycles. The van der Waals surface area contributed by atoms with Gasteiger partial charge < -0.3 is 5.32 Å². The van der Waals surface area contributed by atoms with E-state index in [1.807, 2.05) is 0 Å². The molecule has 1 N–H and O–H groups in total. The third-order valence-electron chi connectivity index (χ3n) is 4.83. The fourth-order valence-corrected chi connectivity index (χ4v) is 3.65. The Labute approximate surface area is 125 Å². The largest absolute Gasteiger partial charge is 0.310 e. The zero-order valence-electron chi connectivity index (χ0n) is 13.7. The molecule has 0 radical (unpaired) electrons. The van der Waals surface area contributed by atoms with Crippen LogP contribution >= 0.6 is 0 Å². The quantitative estimate of drug-likeness (QED) is 0.769. The van der Waals surface area contributed by atoms with Gasteiger partial charge in [0.25, 0.3) is 0 Å². The van der Waals surface area contributed by atoms with Gasteiger partial charge in [-0.05, 0) is 48.3 Å². The standard InChI is InChI=1S/C19H31N/c1-5-20-19(18-8-6-7-15(4)13-18)17-11-9-16(10-12-17)14(2)3/h9-12,14-15,18-20H,5-8,13H2,1-4H3. The predicted octanol–water partition coefficient (Wildman–Crippen LogP) is 5.29. The second kappa shape index (κ2) is 7.26. The lowest BCUT2D eigenvalue weighted by Gasteiger charge is -2.34. The normalized spacial score (nSPS) is 24.9. The van der Waals surface area contributed by atoms with Gasteiger partial charge in [0.1, 0.15) is 0 Å². The Hall–Kier alpha value is -0.820. The molecule has 1 aromatic carbocycles. The van der Waals surface area contributed by atoms with Crippen LogP contribution in [0.3, 0.4) is 0 Å². The maximum Gasteiger partial charge on any atom is 0.0348 e. The van der Waals surface area contributed by atoms with Crippen LogP contribution < -0.4 is 5.32 Å². The van der Waals surface area contributed by atoms with Crippen molar-refractivity contribution in [2.75, 3.05) is 6.54 Å². The van der Waals surface area contributed by atoms with Gasteiger partial charge >= 0.3 is 0 Å². The molecule has 0 spiro atoms. The molecule has 1 heteroatoms. The molecule has 0 saturated heterocycles. The predicted molar refractivity (Wildman–Crippen MR) is 88.1 cm³/mol. The van der Waals surface area contributed by atoms with E-state index >= 15 is 0 Å². The molecule has 1 saturated carbocycles. The van der Waals surface area contributed by atoms with Crippen molar-refractivity contribution in [1.29, 1.82) is 0 Å². The van der Waals surface area contributed by atoms with Gasteiger partial charge in [0.05, 0.1) is 0 Å². The Bertz CT molecular complexity index is 393. The second-order valence-corrected chi connectivity index (χ2v) is 6.89. The molecule has 1 fully saturated rings. The second-order valence-electron chi connectivity index (χ2n) is 6.89. The lowest BCUT2D eigenvalue weighted by molar-refractivity contribution is 0.225. The van der Waals surface area contributed by atoms with Gasteiger partial charge in [0, 0.05) is 6.04 Å². The Morgan fingerprint density at radius 3 is 2.30 bits per heavy atom. The first-order valence-electron chi connectivity index (χ1n) is 8.45. The van der Waals surface area contributed by atoms with E-state index in [1.54, 1.807) is 0 Å². The maximum atomic E-state index is 3.74. The summed E-state index contributed by atoms with van der Waals surface area (Å²) in [7, 11) is 0. The van der Waals surface area contributed by atoms with Crippen molar-refractivity contribution < 1.29 is 0 Å². The molecule has 0 heterocycles. The Balaban J connectivity index is 2.14. The summed E-state index contributed by atoms with van der Waals surface area (Å²) in [4.78, 5) is 0. The van der Waals surface area contributed by atoms with Crippen molar-refractivity contribution in [3.8, 4) is 0 Å². The third kappa shape index (κ3) is 3.85. The molecule has 1 aliphatic rings. The first-order chi connectivity index (χ1) is 9.61. The van der Waals surface area contributed by atoms with Crippen LogP contribution in [-0.2, 0) is 0 Å². The van der Waals surface area contributed by atoms with Gasteiger partial charge in [-0.25, -0.2) is 0 Å². The molecule has 0 amide bonds. The summed E-state index contributed by atoms with van der Waals surface area (Å²) in [6, 6.07) is 9.88. The van der Waals surface area contributed by atoms with E-state index in [2.05, 4.69) is 57.3 Å². The van der Waals surface area contributed by atoms with E-state index in [1.165, 1.54) is 36.8 Å². The van der Waals surface area contributed by atoms with Crippen LogP contribution in [0.25, 0.3) is 0 Å². The number of rotatable bonds is 5. The molecule has 1 aliphatic carbocycles. The minimum absolute atomic E-state index is 0.545. The Morgan fingerprint density at radius 1 is 1.10 bits per heavy atom. The average molecular weight is 273 g/mol. The molecule has 0 aliphatic heterocycles. The number of hydrogen-bond donors (Lipinski definition) is 1. The summed E-state index contributed by atoms with van der Waals surface area (Å²) in [5, 5.41) is 3.74. The molecule has 3 unspecified atom stereocenters. The molecular formula is C19H31N. The monoisotopic (exact) mass is 273 g/mol. The van der Waals surface area contributed by atoms with Crippen LogP contribution in [0.5, 0.6) is 0 Å². The van der Waals surface area contributed by atoms with Crippen molar-refractivity contribution in [2.24, 2.45) is 11.8 Å². The van der Waals surface area contributed by atoms with Gasteiger partial charge in [0.15, 0.2) is 0 Å². The smallest absolute Gasteiger partial charge is 0.0348 e. The zero-order chi connectivity index (χ0) is 14.5. The highest BCUT2D eigenvalue weighted by molar-refractivity contribution is 5.27. The summed E-state index contributed by atoms with van der Waals surface area (Å²) < 4.78 is 0. The van der Waals surface area contributed by atoms with Crippen LogP contribution in [0.15, 0.2) is 24.3 Å². The highest BCUT2D eigenvalue weighted by atomic mass is 14.9. The van der Waals surface area contributed by atoms with Crippen molar-refractivity contribution in [1.82, 2.24) is 5.32 Å². The Kier molecular flexibility index (Phi) is 5.65. The number of nitrogens with one attached hydrogen (secondary N) is 1. The van der Waals surface area contributed by atoms with Crippen LogP contribution in [-0.4, -0.2) is 6.54 Å². The lowest BCUT2D eigenvalue weighted by atomic mass is 9.76. The van der Waals surface area contributed by atoms with Crippen LogP contribution in [0.1, 0.15) is 76.5 Å². The number of benzene rings is 1. The SMILES string of the molecule is CCNC(c1ccc(C(C)C)cc1)C1CCCC(C)C1. The van der Waals surface area contributed by atoms with Gasteiger partial charge in [0.2, 0.25) is 0 Å². The maximum absolute atomic E-state index is 3.74. The summed E-state index contributed by atoms with van der Waals surface area (Å²) in [5.41, 5.74) is 2.93. The Morgan fingerprint density at radius 2 is 1.75 bits per heavy atom. The summed E-state index contributed by atoms with van der Waals surface area (Å²) >= 11 is 0. The van der Waals surface area contributed by atoms with Crippen LogP contribution in [0.2, 0.25) is 0 Å². The highest BCUT2D eigenvalue weighted by Gasteiger charge is 2.27. The van der Waals surface area contributed by atoms with Crippen LogP contribution in [0.4, 0.5) is 0 Å². The van der Waals surface area contributed by atoms with E-state index in [9.17, 15) is 0 Å². The van der Waals surface area contributed by atoms with Gasteiger partial charge in [-0.1, -0.05) is 64.8 Å². The molecule has 112 valence electrons. The van der Waals surface area contributed by atoms with Crippen molar-refractivity contribution in [3.63, 3.8) is 0 Å². The van der Waals surface area contributed by atoms with E-state index in [-0.39, 0.29) is 0 Å². The first kappa shape index (κ1) is 15.6. The van der Waals surface area contributed by atoms with E-state index in [4.69, 9.17) is 0 Å². The molecule has 3 atom stereocenters. The molecule has 1 nitrogen and oxygen atoms in total. The molecule has 1 aromatic rings. The summed E-state index contributed by atoms with van der Waals surface area (Å²) in [5.74, 6) is 2.32. The number of hydrogen-bond acceptors (Lipinski definition) is 1. The van der Waals surface area contributed by atoms with Crippen molar-refractivity contribution >= 4 is 0 Å². The molecule has 0 bridgehead atoms. The van der Waals surface area contributed by atoms with Gasteiger partial charge in [-0.3, -0.25) is 0 Å². The topological polar surface area (TPSA) is 12.0 Å². The zero-order valence-corrected chi connectivity index (χ0v) is 13.7. The average Bonchev–Trinajstić information content (AvgIpc) is 2.45. The van der Waals surface area contributed by atoms with Crippen LogP contribution in [0, 0.1) is 11.8 Å². The van der Waals surface area contributed by atoms with E-state index in [0.717, 1.165) is 18.4 Å². The minimum atomic E-state index is 0.545. The highest BCUT2D eigenvalue weighted by Crippen LogP contribution is 2.37. The summed E-state index contributed by atoms with van der Waals surface area (Å²) in [6.07, 6.45) is 5.58. The molecular weight excluding hydrogens is 242 g/mol. The fraction of sp³-hybridized carbons (Fsp3) is 0.684. The summed E-state index contributed by atoms with van der Waals surface area (Å²) in [6.45, 7) is 10.2. The van der Waals surface area contributed by atoms with Gasteiger partial charge in [-0.2, -0.15) is 0 Å². The molecule has 20 heavy (non-hydrogen) atoms. The van der Waals surface area contributed by atoms with Crippen molar-refractivity contribution in [3.05, 3.63) is 35.4 Å². The lowest BCUT2D eigenvalue weighted by Crippen LogP contribution is -2.31. The minimum Gasteiger partial charge on any atom is -0.310 e. The van der Waals surface area contributed by atoms with E-state index < -0.39 is 0 Å². The fourth-order valence-electron chi connectivity index (χ4n) is 3.65.